The maximum Gasteiger partial charge on any atom is 0.177 e. The Labute approximate surface area is 192 Å². The van der Waals surface area contributed by atoms with E-state index in [0.29, 0.717) is 11.9 Å². The fourth-order valence-electron chi connectivity index (χ4n) is 7.60. The van der Waals surface area contributed by atoms with Crippen molar-refractivity contribution >= 4 is 29.0 Å². The van der Waals surface area contributed by atoms with Crippen molar-refractivity contribution in [2.75, 3.05) is 6.16 Å². The quantitative estimate of drug-likeness (QED) is 0.446. The molecule has 0 radical (unpaired) electrons. The molecule has 162 valence electrons. The first kappa shape index (κ1) is 20.4. The molecular formula is C30H32OP+. The Bertz CT molecular complexity index is 958. The summed E-state index contributed by atoms with van der Waals surface area (Å²) in [6.45, 7) is 0. The zero-order valence-corrected chi connectivity index (χ0v) is 19.6. The topological polar surface area (TPSA) is 17.1 Å². The highest BCUT2D eigenvalue weighted by molar-refractivity contribution is 7.96. The second-order valence-electron chi connectivity index (χ2n) is 10.6. The Morgan fingerprint density at radius 2 is 0.969 bits per heavy atom. The smallest absolute Gasteiger partial charge is 0.177 e. The highest BCUT2D eigenvalue weighted by Crippen LogP contribution is 2.63. The average Bonchev–Trinajstić information content (AvgIpc) is 2.83. The molecule has 3 aromatic rings. The van der Waals surface area contributed by atoms with E-state index in [9.17, 15) is 4.79 Å². The standard InChI is InChI=1S/C30H32OP/c31-29(30-19-23-16-24(20-30)18-25(17-23)21-30)22-32(26-10-4-1-5-11-26,27-12-6-2-7-13-27)28-14-8-3-9-15-28/h1-15,23-25H,16-22H2/q+1. The summed E-state index contributed by atoms with van der Waals surface area (Å²) in [4.78, 5) is 14.5. The summed E-state index contributed by atoms with van der Waals surface area (Å²) in [5, 5.41) is 3.99. The Kier molecular flexibility index (Phi) is 5.07. The fourth-order valence-corrected chi connectivity index (χ4v) is 11.9. The van der Waals surface area contributed by atoms with Gasteiger partial charge in [0.1, 0.15) is 29.3 Å². The predicted octanol–water partition coefficient (Wildman–Crippen LogP) is 5.77. The molecular weight excluding hydrogens is 407 g/mol. The molecule has 2 heteroatoms. The van der Waals surface area contributed by atoms with Crippen LogP contribution >= 0.6 is 7.26 Å². The molecule has 32 heavy (non-hydrogen) atoms. The number of rotatable bonds is 6. The zero-order chi connectivity index (χ0) is 21.6. The number of hydrogen-bond acceptors (Lipinski definition) is 1. The van der Waals surface area contributed by atoms with Gasteiger partial charge in [0.15, 0.2) is 5.78 Å². The molecule has 7 rings (SSSR count). The van der Waals surface area contributed by atoms with Gasteiger partial charge in [0.05, 0.1) is 0 Å². The van der Waals surface area contributed by atoms with Gasteiger partial charge in [-0.3, -0.25) is 4.79 Å². The highest BCUT2D eigenvalue weighted by Gasteiger charge is 2.58. The van der Waals surface area contributed by atoms with Crippen molar-refractivity contribution in [1.29, 1.82) is 0 Å². The Morgan fingerprint density at radius 1 is 0.625 bits per heavy atom. The third kappa shape index (κ3) is 3.29. The molecule has 0 heterocycles. The van der Waals surface area contributed by atoms with Crippen LogP contribution in [0.4, 0.5) is 0 Å². The summed E-state index contributed by atoms with van der Waals surface area (Å²) in [6, 6.07) is 32.7. The molecule has 0 aliphatic heterocycles. The van der Waals surface area contributed by atoms with Gasteiger partial charge in [-0.05, 0) is 92.7 Å². The number of Topliss-reactive ketones (excluding diaryl/α,β-unsaturated/α-hetero) is 1. The lowest BCUT2D eigenvalue weighted by molar-refractivity contribution is -0.141. The number of hydrogen-bond donors (Lipinski definition) is 0. The van der Waals surface area contributed by atoms with Crippen molar-refractivity contribution in [2.45, 2.75) is 38.5 Å². The number of ketones is 1. The molecule has 0 N–H and O–H groups in total. The molecule has 4 bridgehead atoms. The van der Waals surface area contributed by atoms with E-state index in [-0.39, 0.29) is 5.41 Å². The van der Waals surface area contributed by atoms with Crippen LogP contribution in [-0.4, -0.2) is 11.9 Å². The fraction of sp³-hybridized carbons (Fsp3) is 0.367. The van der Waals surface area contributed by atoms with Gasteiger partial charge in [-0.2, -0.15) is 0 Å². The molecule has 4 saturated carbocycles. The van der Waals surface area contributed by atoms with Gasteiger partial charge < -0.3 is 0 Å². The van der Waals surface area contributed by atoms with E-state index in [1.807, 2.05) is 0 Å². The lowest BCUT2D eigenvalue weighted by Gasteiger charge is -2.56. The third-order valence-corrected chi connectivity index (χ3v) is 12.9. The van der Waals surface area contributed by atoms with Gasteiger partial charge >= 0.3 is 0 Å². The van der Waals surface area contributed by atoms with Crippen LogP contribution in [0.2, 0.25) is 0 Å². The lowest BCUT2D eigenvalue weighted by atomic mass is 9.48. The number of carbonyl (C=O) groups is 1. The van der Waals surface area contributed by atoms with Gasteiger partial charge in [0, 0.05) is 5.41 Å². The zero-order valence-electron chi connectivity index (χ0n) is 18.7. The van der Waals surface area contributed by atoms with Gasteiger partial charge in [-0.25, -0.2) is 0 Å². The number of carbonyl (C=O) groups excluding carboxylic acids is 1. The van der Waals surface area contributed by atoms with Crippen LogP contribution in [0.1, 0.15) is 38.5 Å². The van der Waals surface area contributed by atoms with Crippen LogP contribution in [0.25, 0.3) is 0 Å². The Morgan fingerprint density at radius 3 is 1.31 bits per heavy atom. The Hall–Kier alpha value is -2.24. The highest BCUT2D eigenvalue weighted by atomic mass is 31.2. The van der Waals surface area contributed by atoms with Crippen LogP contribution in [-0.2, 0) is 4.79 Å². The molecule has 0 spiro atoms. The van der Waals surface area contributed by atoms with Crippen LogP contribution in [0.15, 0.2) is 91.0 Å². The van der Waals surface area contributed by atoms with E-state index in [4.69, 9.17) is 0 Å². The molecule has 0 atom stereocenters. The summed E-state index contributed by atoms with van der Waals surface area (Å²) < 4.78 is 0. The van der Waals surface area contributed by atoms with Crippen LogP contribution in [0.3, 0.4) is 0 Å². The molecule has 0 aromatic heterocycles. The average molecular weight is 440 g/mol. The number of benzene rings is 3. The summed E-state index contributed by atoms with van der Waals surface area (Å²) in [5.41, 5.74) is -0.0572. The molecule has 3 aromatic carbocycles. The van der Waals surface area contributed by atoms with E-state index in [1.165, 1.54) is 35.2 Å². The largest absolute Gasteiger partial charge is 0.295 e. The van der Waals surface area contributed by atoms with Crippen molar-refractivity contribution in [3.8, 4) is 0 Å². The minimum Gasteiger partial charge on any atom is -0.295 e. The van der Waals surface area contributed by atoms with Gasteiger partial charge in [-0.15, -0.1) is 0 Å². The van der Waals surface area contributed by atoms with Crippen molar-refractivity contribution in [2.24, 2.45) is 23.2 Å². The van der Waals surface area contributed by atoms with Crippen LogP contribution in [0, 0.1) is 23.2 Å². The maximum absolute atomic E-state index is 14.5. The SMILES string of the molecule is O=C(C[P+](c1ccccc1)(c1ccccc1)c1ccccc1)C12CC3CC(CC(C3)C1)C2. The van der Waals surface area contributed by atoms with Gasteiger partial charge in [0.25, 0.3) is 0 Å². The summed E-state index contributed by atoms with van der Waals surface area (Å²) in [5.74, 6) is 2.94. The van der Waals surface area contributed by atoms with E-state index in [2.05, 4.69) is 91.0 Å². The van der Waals surface area contributed by atoms with Gasteiger partial charge in [0.2, 0.25) is 0 Å². The van der Waals surface area contributed by atoms with E-state index in [0.717, 1.165) is 37.0 Å². The molecule has 0 unspecified atom stereocenters. The first-order valence-corrected chi connectivity index (χ1v) is 14.2. The predicted molar refractivity (Wildman–Crippen MR) is 136 cm³/mol. The molecule has 0 amide bonds. The second kappa shape index (κ2) is 7.96. The van der Waals surface area contributed by atoms with Crippen molar-refractivity contribution < 1.29 is 4.79 Å². The summed E-state index contributed by atoms with van der Waals surface area (Å²) in [7, 11) is -2.08. The summed E-state index contributed by atoms with van der Waals surface area (Å²) >= 11 is 0. The third-order valence-electron chi connectivity index (χ3n) is 8.60. The lowest BCUT2D eigenvalue weighted by Crippen LogP contribution is -2.52. The first-order chi connectivity index (χ1) is 15.7. The molecule has 4 fully saturated rings. The molecule has 1 nitrogen and oxygen atoms in total. The first-order valence-electron chi connectivity index (χ1n) is 12.3. The van der Waals surface area contributed by atoms with Crippen LogP contribution < -0.4 is 15.9 Å². The molecule has 4 aliphatic rings. The van der Waals surface area contributed by atoms with Crippen LogP contribution in [0.5, 0.6) is 0 Å². The van der Waals surface area contributed by atoms with Crippen molar-refractivity contribution in [3.05, 3.63) is 91.0 Å². The van der Waals surface area contributed by atoms with E-state index >= 15 is 0 Å². The summed E-state index contributed by atoms with van der Waals surface area (Å²) in [6.07, 6.45) is 8.24. The van der Waals surface area contributed by atoms with Crippen molar-refractivity contribution in [3.63, 3.8) is 0 Å². The van der Waals surface area contributed by atoms with E-state index in [1.54, 1.807) is 0 Å². The molecule has 0 saturated heterocycles. The van der Waals surface area contributed by atoms with Gasteiger partial charge in [-0.1, -0.05) is 54.6 Å². The van der Waals surface area contributed by atoms with Crippen molar-refractivity contribution in [1.82, 2.24) is 0 Å². The minimum atomic E-state index is -2.08. The second-order valence-corrected chi connectivity index (χ2v) is 14.1. The maximum atomic E-state index is 14.5. The van der Waals surface area contributed by atoms with E-state index < -0.39 is 7.26 Å². The minimum absolute atomic E-state index is 0.0572. The Balaban J connectivity index is 1.49. The normalized spacial score (nSPS) is 28.6. The molecule has 4 aliphatic carbocycles. The monoisotopic (exact) mass is 439 g/mol.